The van der Waals surface area contributed by atoms with E-state index in [1.807, 2.05) is 19.1 Å². The zero-order chi connectivity index (χ0) is 17.4. The van der Waals surface area contributed by atoms with Crippen LogP contribution in [0, 0.1) is 11.3 Å². The van der Waals surface area contributed by atoms with E-state index in [0.29, 0.717) is 24.5 Å². The molecule has 0 fully saturated rings. The minimum Gasteiger partial charge on any atom is -0.492 e. The number of nitrogens with one attached hydrogen (secondary N) is 1. The van der Waals surface area contributed by atoms with Crippen LogP contribution in [0.1, 0.15) is 24.1 Å². The number of carbonyl (C=O) groups excluding carboxylic acids is 1. The van der Waals surface area contributed by atoms with Crippen LogP contribution in [0.15, 0.2) is 48.8 Å². The van der Waals surface area contributed by atoms with E-state index in [2.05, 4.69) is 16.4 Å². The Morgan fingerprint density at radius 1 is 1.29 bits per heavy atom. The van der Waals surface area contributed by atoms with Gasteiger partial charge in [0, 0.05) is 19.4 Å². The Balaban J connectivity index is 1.75. The molecule has 0 radical (unpaired) electrons. The molecule has 6 nitrogen and oxygen atoms in total. The van der Waals surface area contributed by atoms with Gasteiger partial charge in [-0.15, -0.1) is 0 Å². The van der Waals surface area contributed by atoms with Gasteiger partial charge in [0.2, 0.25) is 0 Å². The molecule has 0 saturated carbocycles. The van der Waals surface area contributed by atoms with Crippen molar-refractivity contribution in [2.24, 2.45) is 0 Å². The van der Waals surface area contributed by atoms with E-state index in [4.69, 9.17) is 10.00 Å². The quantitative estimate of drug-likeness (QED) is 0.829. The van der Waals surface area contributed by atoms with Crippen molar-refractivity contribution in [3.8, 4) is 11.8 Å². The first-order chi connectivity index (χ1) is 11.6. The minimum absolute atomic E-state index is 0.0487. The average Bonchev–Trinajstić information content (AvgIpc) is 2.65. The molecule has 6 heteroatoms. The Labute approximate surface area is 141 Å². The lowest BCUT2D eigenvalue weighted by Crippen LogP contribution is -2.40. The first-order valence-corrected chi connectivity index (χ1v) is 7.65. The highest BCUT2D eigenvalue weighted by Crippen LogP contribution is 2.17. The molecular formula is C18H20N4O2. The molecule has 1 atom stereocenters. The van der Waals surface area contributed by atoms with Gasteiger partial charge in [0.15, 0.2) is 0 Å². The van der Waals surface area contributed by atoms with E-state index >= 15 is 0 Å². The highest BCUT2D eigenvalue weighted by molar-refractivity contribution is 5.74. The lowest BCUT2D eigenvalue weighted by Gasteiger charge is -2.25. The van der Waals surface area contributed by atoms with Gasteiger partial charge in [-0.05, 0) is 48.9 Å². The van der Waals surface area contributed by atoms with Gasteiger partial charge in [0.05, 0.1) is 24.2 Å². The number of amides is 2. The van der Waals surface area contributed by atoms with E-state index in [-0.39, 0.29) is 12.1 Å². The van der Waals surface area contributed by atoms with E-state index in [1.54, 1.807) is 48.6 Å². The zero-order valence-corrected chi connectivity index (χ0v) is 13.8. The van der Waals surface area contributed by atoms with E-state index in [0.717, 1.165) is 5.56 Å². The molecule has 2 aromatic rings. The summed E-state index contributed by atoms with van der Waals surface area (Å²) in [4.78, 5) is 17.8. The van der Waals surface area contributed by atoms with Gasteiger partial charge in [-0.2, -0.15) is 5.26 Å². The maximum Gasteiger partial charge on any atom is 0.317 e. The van der Waals surface area contributed by atoms with Gasteiger partial charge >= 0.3 is 6.03 Å². The molecule has 124 valence electrons. The number of nitrogens with zero attached hydrogens (tertiary/aromatic N) is 3. The summed E-state index contributed by atoms with van der Waals surface area (Å²) in [6.07, 6.45) is 3.42. The summed E-state index contributed by atoms with van der Waals surface area (Å²) in [5, 5.41) is 11.6. The molecule has 2 amide bonds. The van der Waals surface area contributed by atoms with Crippen LogP contribution < -0.4 is 10.1 Å². The molecule has 0 aliphatic carbocycles. The predicted molar refractivity (Wildman–Crippen MR) is 90.5 cm³/mol. The largest absolute Gasteiger partial charge is 0.492 e. The highest BCUT2D eigenvalue weighted by Gasteiger charge is 2.16. The van der Waals surface area contributed by atoms with Crippen LogP contribution in [0.25, 0.3) is 0 Å². The van der Waals surface area contributed by atoms with Gasteiger partial charge in [0.25, 0.3) is 0 Å². The molecule has 0 saturated heterocycles. The number of hydrogen-bond acceptors (Lipinski definition) is 4. The molecule has 2 rings (SSSR count). The number of benzene rings is 1. The topological polar surface area (TPSA) is 78.2 Å². The van der Waals surface area contributed by atoms with Gasteiger partial charge in [-0.1, -0.05) is 0 Å². The summed E-state index contributed by atoms with van der Waals surface area (Å²) in [6, 6.07) is 12.5. The second-order valence-electron chi connectivity index (χ2n) is 5.28. The van der Waals surface area contributed by atoms with E-state index in [9.17, 15) is 4.79 Å². The third kappa shape index (κ3) is 4.71. The number of ether oxygens (including phenoxy) is 1. The van der Waals surface area contributed by atoms with Crippen LogP contribution in [0.4, 0.5) is 4.79 Å². The number of pyridine rings is 1. The molecule has 0 unspecified atom stereocenters. The Hall–Kier alpha value is -3.07. The fraction of sp³-hybridized carbons (Fsp3) is 0.278. The zero-order valence-electron chi connectivity index (χ0n) is 13.8. The lowest BCUT2D eigenvalue weighted by atomic mass is 10.1. The molecule has 0 spiro atoms. The maximum atomic E-state index is 12.2. The number of rotatable bonds is 6. The standard InChI is InChI=1S/C18H20N4O2/c1-14(16-7-9-20-10-8-16)22(2)18(23)21-11-12-24-17-5-3-15(13-19)4-6-17/h3-10,14H,11-12H2,1-2H3,(H,21,23)/t14-/m0/s1. The molecule has 0 bridgehead atoms. The summed E-state index contributed by atoms with van der Waals surface area (Å²) < 4.78 is 5.53. The summed E-state index contributed by atoms with van der Waals surface area (Å²) in [5.41, 5.74) is 1.61. The number of urea groups is 1. The van der Waals surface area contributed by atoms with Gasteiger partial charge < -0.3 is 15.0 Å². The second-order valence-corrected chi connectivity index (χ2v) is 5.28. The molecular weight excluding hydrogens is 304 g/mol. The predicted octanol–water partition coefficient (Wildman–Crippen LogP) is 2.73. The van der Waals surface area contributed by atoms with Crippen molar-refractivity contribution in [1.29, 1.82) is 5.26 Å². The number of aromatic nitrogens is 1. The van der Waals surface area contributed by atoms with Crippen molar-refractivity contribution < 1.29 is 9.53 Å². The fourth-order valence-electron chi connectivity index (χ4n) is 2.12. The van der Waals surface area contributed by atoms with Crippen LogP contribution in [0.3, 0.4) is 0 Å². The summed E-state index contributed by atoms with van der Waals surface area (Å²) in [7, 11) is 1.75. The van der Waals surface area contributed by atoms with Crippen LogP contribution >= 0.6 is 0 Å². The number of nitriles is 1. The third-order valence-electron chi connectivity index (χ3n) is 3.72. The monoisotopic (exact) mass is 324 g/mol. The number of carbonyl (C=O) groups is 1. The van der Waals surface area contributed by atoms with Gasteiger partial charge in [0.1, 0.15) is 12.4 Å². The Kier molecular flexibility index (Phi) is 6.15. The average molecular weight is 324 g/mol. The first kappa shape index (κ1) is 17.3. The smallest absolute Gasteiger partial charge is 0.317 e. The van der Waals surface area contributed by atoms with E-state index < -0.39 is 0 Å². The second kappa shape index (κ2) is 8.53. The molecule has 1 aromatic heterocycles. The molecule has 1 N–H and O–H groups in total. The molecule has 0 aliphatic heterocycles. The maximum absolute atomic E-state index is 12.2. The van der Waals surface area contributed by atoms with Crippen molar-refractivity contribution in [3.05, 3.63) is 59.9 Å². The molecule has 0 aliphatic rings. The molecule has 24 heavy (non-hydrogen) atoms. The van der Waals surface area contributed by atoms with Crippen LogP contribution in [-0.2, 0) is 0 Å². The number of hydrogen-bond donors (Lipinski definition) is 1. The van der Waals surface area contributed by atoms with Crippen molar-refractivity contribution in [2.45, 2.75) is 13.0 Å². The summed E-state index contributed by atoms with van der Waals surface area (Å²) >= 11 is 0. The normalized spacial score (nSPS) is 11.2. The Morgan fingerprint density at radius 3 is 2.58 bits per heavy atom. The summed E-state index contributed by atoms with van der Waals surface area (Å²) in [5.74, 6) is 0.668. The van der Waals surface area contributed by atoms with Gasteiger partial charge in [-0.25, -0.2) is 4.79 Å². The third-order valence-corrected chi connectivity index (χ3v) is 3.72. The highest BCUT2D eigenvalue weighted by atomic mass is 16.5. The Bertz CT molecular complexity index is 695. The van der Waals surface area contributed by atoms with Crippen molar-refractivity contribution in [3.63, 3.8) is 0 Å². The fourth-order valence-corrected chi connectivity index (χ4v) is 2.12. The van der Waals surface area contributed by atoms with Crippen molar-refractivity contribution >= 4 is 6.03 Å². The van der Waals surface area contributed by atoms with Crippen molar-refractivity contribution in [2.75, 3.05) is 20.2 Å². The lowest BCUT2D eigenvalue weighted by molar-refractivity contribution is 0.191. The molecule has 1 aromatic carbocycles. The van der Waals surface area contributed by atoms with Crippen molar-refractivity contribution in [1.82, 2.24) is 15.2 Å². The van der Waals surface area contributed by atoms with Crippen LogP contribution in [0.5, 0.6) is 5.75 Å². The van der Waals surface area contributed by atoms with Crippen LogP contribution in [-0.4, -0.2) is 36.1 Å². The van der Waals surface area contributed by atoms with E-state index in [1.165, 1.54) is 0 Å². The minimum atomic E-state index is -0.164. The first-order valence-electron chi connectivity index (χ1n) is 7.65. The SMILES string of the molecule is C[C@@H](c1ccncc1)N(C)C(=O)NCCOc1ccc(C#N)cc1. The van der Waals surface area contributed by atoms with Gasteiger partial charge in [-0.3, -0.25) is 4.98 Å². The van der Waals surface area contributed by atoms with Crippen LogP contribution in [0.2, 0.25) is 0 Å². The Morgan fingerprint density at radius 2 is 1.96 bits per heavy atom. The summed E-state index contributed by atoms with van der Waals surface area (Å²) in [6.45, 7) is 2.71. The molecule has 1 heterocycles.